The maximum Gasteiger partial charge on any atom is 0.181 e. The van der Waals surface area contributed by atoms with Gasteiger partial charge < -0.3 is 0 Å². The fourth-order valence-corrected chi connectivity index (χ4v) is 14.5. The average molecular weight is 742 g/mol. The van der Waals surface area contributed by atoms with Crippen molar-refractivity contribution in [2.45, 2.75) is 0 Å². The summed E-state index contributed by atoms with van der Waals surface area (Å²) in [5.41, 5.74) is 7.87. The zero-order valence-corrected chi connectivity index (χ0v) is 32.0. The second kappa shape index (κ2) is 13.5. The van der Waals surface area contributed by atoms with E-state index in [4.69, 9.17) is 15.0 Å². The van der Waals surface area contributed by atoms with Crippen molar-refractivity contribution >= 4 is 50.4 Å². The van der Waals surface area contributed by atoms with Gasteiger partial charge in [-0.3, -0.25) is 0 Å². The van der Waals surface area contributed by atoms with Crippen molar-refractivity contribution in [3.8, 4) is 56.4 Å². The number of benzene rings is 9. The molecule has 11 rings (SSSR count). The minimum atomic E-state index is -2.78. The van der Waals surface area contributed by atoms with Crippen LogP contribution in [-0.2, 0) is 0 Å². The first-order chi connectivity index (χ1) is 28.3. The predicted octanol–water partition coefficient (Wildman–Crippen LogP) is 10.2. The minimum absolute atomic E-state index is 0.646. The molecular formula is C53H35N3Si. The second-order valence-electron chi connectivity index (χ2n) is 14.7. The van der Waals surface area contributed by atoms with Gasteiger partial charge in [0.2, 0.25) is 0 Å². The van der Waals surface area contributed by atoms with Gasteiger partial charge in [-0.05, 0) is 70.6 Å². The molecule has 0 saturated heterocycles. The Bertz CT molecular complexity index is 3050. The molecule has 0 atom stereocenters. The van der Waals surface area contributed by atoms with Crippen LogP contribution in [0.15, 0.2) is 212 Å². The van der Waals surface area contributed by atoms with Gasteiger partial charge in [-0.15, -0.1) is 0 Å². The van der Waals surface area contributed by atoms with E-state index in [-0.39, 0.29) is 0 Å². The number of hydrogen-bond donors (Lipinski definition) is 0. The summed E-state index contributed by atoms with van der Waals surface area (Å²) in [5.74, 6) is 1.94. The molecule has 2 heterocycles. The van der Waals surface area contributed by atoms with Crippen molar-refractivity contribution in [2.75, 3.05) is 0 Å². The molecule has 0 amide bonds. The Morgan fingerprint density at radius 2 is 0.737 bits per heavy atom. The molecule has 0 radical (unpaired) electrons. The third-order valence-electron chi connectivity index (χ3n) is 11.6. The fraction of sp³-hybridized carbons (Fsp3) is 0. The van der Waals surface area contributed by atoms with Gasteiger partial charge >= 0.3 is 0 Å². The van der Waals surface area contributed by atoms with Gasteiger partial charge in [0.1, 0.15) is 0 Å². The molecule has 0 unspecified atom stereocenters. The zero-order valence-electron chi connectivity index (χ0n) is 31.0. The van der Waals surface area contributed by atoms with Crippen molar-refractivity contribution in [3.05, 3.63) is 212 Å². The molecule has 0 fully saturated rings. The average Bonchev–Trinajstić information content (AvgIpc) is 3.62. The van der Waals surface area contributed by atoms with Crippen LogP contribution in [-0.4, -0.2) is 23.0 Å². The van der Waals surface area contributed by atoms with Crippen LogP contribution < -0.4 is 20.7 Å². The van der Waals surface area contributed by atoms with Crippen LogP contribution in [0.4, 0.5) is 0 Å². The Morgan fingerprint density at radius 3 is 1.37 bits per heavy atom. The molecule has 0 spiro atoms. The van der Waals surface area contributed by atoms with Crippen LogP contribution in [0.2, 0.25) is 0 Å². The second-order valence-corrected chi connectivity index (χ2v) is 18.4. The van der Waals surface area contributed by atoms with E-state index in [9.17, 15) is 0 Å². The minimum Gasteiger partial charge on any atom is -0.208 e. The highest BCUT2D eigenvalue weighted by Crippen LogP contribution is 2.40. The molecule has 3 nitrogen and oxygen atoms in total. The molecule has 0 saturated carbocycles. The van der Waals surface area contributed by atoms with E-state index in [1.54, 1.807) is 0 Å². The normalized spacial score (nSPS) is 12.7. The summed E-state index contributed by atoms with van der Waals surface area (Å²) in [4.78, 5) is 15.4. The maximum absolute atomic E-state index is 5.20. The van der Waals surface area contributed by atoms with Crippen molar-refractivity contribution in [1.82, 2.24) is 15.0 Å². The monoisotopic (exact) mass is 741 g/mol. The van der Waals surface area contributed by atoms with Gasteiger partial charge in [0.25, 0.3) is 0 Å². The van der Waals surface area contributed by atoms with Gasteiger partial charge in [0.15, 0.2) is 25.5 Å². The van der Waals surface area contributed by atoms with Gasteiger partial charge in [-0.2, -0.15) is 0 Å². The summed E-state index contributed by atoms with van der Waals surface area (Å²) < 4.78 is 0. The van der Waals surface area contributed by atoms with Crippen LogP contribution >= 0.6 is 0 Å². The Labute approximate surface area is 332 Å². The largest absolute Gasteiger partial charge is 0.208 e. The lowest BCUT2D eigenvalue weighted by atomic mass is 9.92. The molecule has 0 aliphatic carbocycles. The number of nitrogens with zero attached hydrogens (tertiary/aromatic N) is 3. The maximum atomic E-state index is 5.20. The van der Waals surface area contributed by atoms with E-state index in [1.807, 2.05) is 24.3 Å². The van der Waals surface area contributed by atoms with Crippen molar-refractivity contribution < 1.29 is 0 Å². The summed E-state index contributed by atoms with van der Waals surface area (Å²) in [6, 6.07) is 76.6. The highest BCUT2D eigenvalue weighted by molar-refractivity contribution is 7.23. The van der Waals surface area contributed by atoms with E-state index in [0.29, 0.717) is 17.5 Å². The molecule has 266 valence electrons. The van der Waals surface area contributed by atoms with E-state index in [0.717, 1.165) is 22.3 Å². The summed E-state index contributed by atoms with van der Waals surface area (Å²) in [6.45, 7) is 0. The molecule has 1 aromatic heterocycles. The van der Waals surface area contributed by atoms with Crippen molar-refractivity contribution in [3.63, 3.8) is 0 Å². The molecule has 10 aromatic rings. The standard InChI is InChI=1S/C53H35N3Si/c1-5-17-36(18-6-1)37-29-31-39(32-30-37)52-54-51(38-19-7-2-8-20-38)55-53(56-52)40-33-34-45-47(35-40)43-25-13-14-26-44(43)49-46-27-15-16-28-48(46)57(50(45)49,41-21-9-3-10-22-41)42-23-11-4-12-24-42/h1-35H. The zero-order chi connectivity index (χ0) is 37.8. The summed E-state index contributed by atoms with van der Waals surface area (Å²) in [7, 11) is -2.78. The van der Waals surface area contributed by atoms with Crippen molar-refractivity contribution in [1.29, 1.82) is 0 Å². The fourth-order valence-electron chi connectivity index (χ4n) is 9.10. The SMILES string of the molecule is c1ccc(-c2ccc(-c3nc(-c4ccccc4)nc(-c4ccc5c6c(c7ccccc7c5c4)-c4ccccc4[Si]6(c4ccccc4)c4ccccc4)n3)cc2)cc1. The van der Waals surface area contributed by atoms with Crippen LogP contribution in [0.25, 0.3) is 78.0 Å². The van der Waals surface area contributed by atoms with E-state index in [1.165, 1.54) is 59.0 Å². The lowest BCUT2D eigenvalue weighted by Gasteiger charge is -2.32. The lowest BCUT2D eigenvalue weighted by Crippen LogP contribution is -2.73. The third-order valence-corrected chi connectivity index (χ3v) is 16.5. The van der Waals surface area contributed by atoms with E-state index in [2.05, 4.69) is 188 Å². The smallest absolute Gasteiger partial charge is 0.181 e. The Hall–Kier alpha value is -7.27. The Kier molecular flexibility index (Phi) is 7.83. The van der Waals surface area contributed by atoms with Gasteiger partial charge in [0.05, 0.1) is 0 Å². The molecule has 4 heteroatoms. The topological polar surface area (TPSA) is 38.7 Å². The third kappa shape index (κ3) is 5.30. The molecular weight excluding hydrogens is 707 g/mol. The van der Waals surface area contributed by atoms with E-state index < -0.39 is 8.07 Å². The first kappa shape index (κ1) is 33.1. The number of hydrogen-bond acceptors (Lipinski definition) is 3. The first-order valence-electron chi connectivity index (χ1n) is 19.4. The summed E-state index contributed by atoms with van der Waals surface area (Å²) >= 11 is 0. The molecule has 1 aliphatic rings. The summed E-state index contributed by atoms with van der Waals surface area (Å²) in [6.07, 6.45) is 0. The Morgan fingerprint density at radius 1 is 0.298 bits per heavy atom. The van der Waals surface area contributed by atoms with Crippen LogP contribution in [0, 0.1) is 0 Å². The molecule has 0 N–H and O–H groups in total. The van der Waals surface area contributed by atoms with Crippen LogP contribution in [0.5, 0.6) is 0 Å². The number of fused-ring (bicyclic) bond motifs is 8. The highest BCUT2D eigenvalue weighted by Gasteiger charge is 2.50. The lowest BCUT2D eigenvalue weighted by molar-refractivity contribution is 1.07. The number of rotatable bonds is 6. The van der Waals surface area contributed by atoms with Crippen LogP contribution in [0.1, 0.15) is 0 Å². The van der Waals surface area contributed by atoms with Gasteiger partial charge in [0, 0.05) is 16.7 Å². The molecule has 57 heavy (non-hydrogen) atoms. The molecule has 9 aromatic carbocycles. The van der Waals surface area contributed by atoms with Gasteiger partial charge in [-0.1, -0.05) is 206 Å². The van der Waals surface area contributed by atoms with Crippen LogP contribution in [0.3, 0.4) is 0 Å². The quantitative estimate of drug-likeness (QED) is 0.126. The Balaban J connectivity index is 1.17. The molecule has 1 aliphatic heterocycles. The predicted molar refractivity (Wildman–Crippen MR) is 239 cm³/mol. The van der Waals surface area contributed by atoms with E-state index >= 15 is 0 Å². The highest BCUT2D eigenvalue weighted by atomic mass is 28.3. The molecule has 0 bridgehead atoms. The summed E-state index contributed by atoms with van der Waals surface area (Å²) in [5, 5.41) is 10.6. The number of aromatic nitrogens is 3. The van der Waals surface area contributed by atoms with Crippen molar-refractivity contribution in [2.24, 2.45) is 0 Å². The first-order valence-corrected chi connectivity index (χ1v) is 21.4. The van der Waals surface area contributed by atoms with Gasteiger partial charge in [-0.25, -0.2) is 15.0 Å².